The van der Waals surface area contributed by atoms with E-state index in [1.807, 2.05) is 24.3 Å². The number of nitrogens with one attached hydrogen (secondary N) is 1. The fourth-order valence-electron chi connectivity index (χ4n) is 3.03. The molecule has 0 spiro atoms. The van der Waals surface area contributed by atoms with Crippen LogP contribution in [0.3, 0.4) is 0 Å². The van der Waals surface area contributed by atoms with E-state index >= 15 is 0 Å². The fourth-order valence-corrected chi connectivity index (χ4v) is 3.22. The molecule has 0 bridgehead atoms. The van der Waals surface area contributed by atoms with Crippen molar-refractivity contribution in [3.05, 3.63) is 34.9 Å². The van der Waals surface area contributed by atoms with Gasteiger partial charge in [-0.2, -0.15) is 0 Å². The molecule has 4 nitrogen and oxygen atoms in total. The molecule has 21 heavy (non-hydrogen) atoms. The molecule has 5 heteroatoms. The molecular weight excluding hydrogens is 290 g/mol. The number of hydrogen-bond acceptors (Lipinski definition) is 2. The maximum Gasteiger partial charge on any atom is 0.307 e. The molecule has 2 unspecified atom stereocenters. The molecule has 2 saturated carbocycles. The van der Waals surface area contributed by atoms with Gasteiger partial charge in [-0.15, -0.1) is 0 Å². The van der Waals surface area contributed by atoms with Crippen LogP contribution in [0.5, 0.6) is 0 Å². The molecule has 1 aromatic rings. The lowest BCUT2D eigenvalue weighted by atomic mass is 9.73. The van der Waals surface area contributed by atoms with Crippen molar-refractivity contribution in [1.82, 2.24) is 5.32 Å². The van der Waals surface area contributed by atoms with Crippen molar-refractivity contribution in [1.29, 1.82) is 0 Å². The number of aliphatic carboxylic acids is 1. The van der Waals surface area contributed by atoms with Crippen LogP contribution in [0.15, 0.2) is 24.3 Å². The van der Waals surface area contributed by atoms with Crippen molar-refractivity contribution < 1.29 is 14.7 Å². The first kappa shape index (κ1) is 14.4. The van der Waals surface area contributed by atoms with Gasteiger partial charge in [-0.3, -0.25) is 9.59 Å². The summed E-state index contributed by atoms with van der Waals surface area (Å²) in [6.45, 7) is 0.564. The number of carbonyl (C=O) groups excluding carboxylic acids is 1. The average molecular weight is 308 g/mol. The summed E-state index contributed by atoms with van der Waals surface area (Å²) in [5.74, 6) is -1.86. The second kappa shape index (κ2) is 5.34. The molecule has 2 N–H and O–H groups in total. The number of benzene rings is 1. The van der Waals surface area contributed by atoms with Crippen LogP contribution in [0.2, 0.25) is 5.02 Å². The fraction of sp³-hybridized carbons (Fsp3) is 0.500. The SMILES string of the molecule is O=C(O)C1CCC1C(=O)NCC1(c2cccc(Cl)c2)CC1. The second-order valence-electron chi connectivity index (χ2n) is 6.14. The minimum Gasteiger partial charge on any atom is -0.481 e. The van der Waals surface area contributed by atoms with E-state index in [2.05, 4.69) is 5.32 Å². The molecule has 2 atom stereocenters. The third kappa shape index (κ3) is 2.77. The van der Waals surface area contributed by atoms with Gasteiger partial charge < -0.3 is 10.4 Å². The molecule has 2 aliphatic carbocycles. The molecule has 2 fully saturated rings. The van der Waals surface area contributed by atoms with Crippen molar-refractivity contribution in [3.63, 3.8) is 0 Å². The zero-order valence-corrected chi connectivity index (χ0v) is 12.4. The van der Waals surface area contributed by atoms with Gasteiger partial charge in [-0.25, -0.2) is 0 Å². The standard InChI is InChI=1S/C16H18ClNO3/c17-11-3-1-2-10(8-11)16(6-7-16)9-18-14(19)12-4-5-13(12)15(20)21/h1-3,8,12-13H,4-7,9H2,(H,18,19)(H,20,21). The Morgan fingerprint density at radius 1 is 1.29 bits per heavy atom. The maximum absolute atomic E-state index is 12.1. The highest BCUT2D eigenvalue weighted by Crippen LogP contribution is 2.48. The highest BCUT2D eigenvalue weighted by Gasteiger charge is 2.46. The van der Waals surface area contributed by atoms with Crippen LogP contribution < -0.4 is 5.32 Å². The van der Waals surface area contributed by atoms with Gasteiger partial charge in [0.15, 0.2) is 0 Å². The maximum atomic E-state index is 12.1. The van der Waals surface area contributed by atoms with E-state index in [4.69, 9.17) is 16.7 Å². The minimum absolute atomic E-state index is 0.0109. The van der Waals surface area contributed by atoms with E-state index in [1.165, 1.54) is 0 Å². The first-order chi connectivity index (χ1) is 10.0. The Kier molecular flexibility index (Phi) is 3.66. The summed E-state index contributed by atoms with van der Waals surface area (Å²) in [5.41, 5.74) is 1.14. The van der Waals surface area contributed by atoms with Crippen molar-refractivity contribution in [2.45, 2.75) is 31.1 Å². The Balaban J connectivity index is 1.60. The molecule has 1 aromatic carbocycles. The summed E-state index contributed by atoms with van der Waals surface area (Å²) in [7, 11) is 0. The Bertz CT molecular complexity index is 583. The number of rotatable bonds is 5. The first-order valence-corrected chi connectivity index (χ1v) is 7.66. The summed E-state index contributed by atoms with van der Waals surface area (Å²) in [6, 6.07) is 7.75. The Hall–Kier alpha value is -1.55. The van der Waals surface area contributed by atoms with Gasteiger partial charge in [-0.05, 0) is 43.4 Å². The molecule has 0 saturated heterocycles. The average Bonchev–Trinajstić information content (AvgIpc) is 3.15. The predicted molar refractivity (Wildman–Crippen MR) is 79.2 cm³/mol. The number of carbonyl (C=O) groups is 2. The topological polar surface area (TPSA) is 66.4 Å². The van der Waals surface area contributed by atoms with Gasteiger partial charge in [0, 0.05) is 17.0 Å². The summed E-state index contributed by atoms with van der Waals surface area (Å²) >= 11 is 6.02. The van der Waals surface area contributed by atoms with Crippen LogP contribution in [0.4, 0.5) is 0 Å². The summed E-state index contributed by atoms with van der Waals surface area (Å²) < 4.78 is 0. The third-order valence-electron chi connectivity index (χ3n) is 4.82. The van der Waals surface area contributed by atoms with Crippen molar-refractivity contribution in [3.8, 4) is 0 Å². The lowest BCUT2D eigenvalue weighted by Crippen LogP contribution is -2.45. The summed E-state index contributed by atoms with van der Waals surface area (Å²) in [6.07, 6.45) is 3.33. The van der Waals surface area contributed by atoms with Gasteiger partial charge in [0.05, 0.1) is 11.8 Å². The van der Waals surface area contributed by atoms with Crippen molar-refractivity contribution in [2.24, 2.45) is 11.8 Å². The zero-order chi connectivity index (χ0) is 15.0. The number of carboxylic acid groups (broad SMARTS) is 1. The molecule has 2 aliphatic rings. The lowest BCUT2D eigenvalue weighted by Gasteiger charge is -2.32. The number of amides is 1. The Morgan fingerprint density at radius 3 is 2.52 bits per heavy atom. The van der Waals surface area contributed by atoms with Crippen LogP contribution in [0.1, 0.15) is 31.2 Å². The minimum atomic E-state index is -0.864. The van der Waals surface area contributed by atoms with Gasteiger partial charge in [0.1, 0.15) is 0 Å². The van der Waals surface area contributed by atoms with E-state index in [0.717, 1.165) is 18.4 Å². The molecule has 3 rings (SSSR count). The molecular formula is C16H18ClNO3. The predicted octanol–water partition coefficient (Wildman–Crippen LogP) is 2.60. The molecule has 0 heterocycles. The number of carboxylic acids is 1. The summed E-state index contributed by atoms with van der Waals surface area (Å²) in [5, 5.41) is 12.7. The van der Waals surface area contributed by atoms with E-state index in [-0.39, 0.29) is 17.2 Å². The van der Waals surface area contributed by atoms with Gasteiger partial charge in [-0.1, -0.05) is 23.7 Å². The van der Waals surface area contributed by atoms with Crippen LogP contribution in [-0.4, -0.2) is 23.5 Å². The van der Waals surface area contributed by atoms with E-state index < -0.39 is 11.9 Å². The van der Waals surface area contributed by atoms with Gasteiger partial charge in [0.2, 0.25) is 5.91 Å². The van der Waals surface area contributed by atoms with E-state index in [1.54, 1.807) is 0 Å². The van der Waals surface area contributed by atoms with Crippen LogP contribution >= 0.6 is 11.6 Å². The molecule has 0 radical (unpaired) electrons. The Morgan fingerprint density at radius 2 is 2.00 bits per heavy atom. The monoisotopic (exact) mass is 307 g/mol. The largest absolute Gasteiger partial charge is 0.481 e. The second-order valence-corrected chi connectivity index (χ2v) is 6.57. The molecule has 0 aliphatic heterocycles. The van der Waals surface area contributed by atoms with Crippen molar-refractivity contribution in [2.75, 3.05) is 6.54 Å². The Labute approximate surface area is 128 Å². The smallest absolute Gasteiger partial charge is 0.307 e. The highest BCUT2D eigenvalue weighted by molar-refractivity contribution is 6.30. The number of hydrogen-bond donors (Lipinski definition) is 2. The van der Waals surface area contributed by atoms with Crippen LogP contribution in [0.25, 0.3) is 0 Å². The molecule has 1 amide bonds. The highest BCUT2D eigenvalue weighted by atomic mass is 35.5. The third-order valence-corrected chi connectivity index (χ3v) is 5.05. The normalized spacial score (nSPS) is 25.8. The van der Waals surface area contributed by atoms with Gasteiger partial charge in [0.25, 0.3) is 0 Å². The zero-order valence-electron chi connectivity index (χ0n) is 11.6. The lowest BCUT2D eigenvalue weighted by molar-refractivity contribution is -0.152. The number of halogens is 1. The van der Waals surface area contributed by atoms with Crippen molar-refractivity contribution >= 4 is 23.5 Å². The molecule has 0 aromatic heterocycles. The van der Waals surface area contributed by atoms with E-state index in [0.29, 0.717) is 24.4 Å². The first-order valence-electron chi connectivity index (χ1n) is 7.28. The quantitative estimate of drug-likeness (QED) is 0.878. The molecule has 112 valence electrons. The summed E-state index contributed by atoms with van der Waals surface area (Å²) in [4.78, 5) is 23.1. The van der Waals surface area contributed by atoms with Crippen LogP contribution in [-0.2, 0) is 15.0 Å². The van der Waals surface area contributed by atoms with Crippen LogP contribution in [0, 0.1) is 11.8 Å². The van der Waals surface area contributed by atoms with E-state index in [9.17, 15) is 9.59 Å². The van der Waals surface area contributed by atoms with Gasteiger partial charge >= 0.3 is 5.97 Å².